The molecule has 1 atom stereocenters. The van der Waals surface area contributed by atoms with Crippen molar-refractivity contribution in [1.82, 2.24) is 0 Å². The van der Waals surface area contributed by atoms with E-state index in [4.69, 9.17) is 5.11 Å². The number of nitrogens with zero attached hydrogens (tertiary/aromatic N) is 3. The highest BCUT2D eigenvalue weighted by atomic mass is 16.6. The van der Waals surface area contributed by atoms with E-state index in [1.165, 1.54) is 0 Å². The van der Waals surface area contributed by atoms with E-state index < -0.39 is 39.0 Å². The minimum atomic E-state index is -1.51. The van der Waals surface area contributed by atoms with Crippen molar-refractivity contribution in [3.63, 3.8) is 0 Å². The zero-order valence-electron chi connectivity index (χ0n) is 10.6. The molecular formula is C10H10N4O7. The van der Waals surface area contributed by atoms with Gasteiger partial charge in [-0.05, 0) is 13.0 Å². The average molecular weight is 298 g/mol. The summed E-state index contributed by atoms with van der Waals surface area (Å²) < 4.78 is 0. The number of nitro benzene ring substituents is 2. The fourth-order valence-corrected chi connectivity index (χ4v) is 1.32. The lowest BCUT2D eigenvalue weighted by molar-refractivity contribution is -0.393. The van der Waals surface area contributed by atoms with Gasteiger partial charge in [0.25, 0.3) is 5.69 Å². The van der Waals surface area contributed by atoms with Crippen LogP contribution in [0.2, 0.25) is 0 Å². The number of non-ortho nitro benzene ring substituents is 1. The monoisotopic (exact) mass is 298 g/mol. The molecule has 112 valence electrons. The van der Waals surface area contributed by atoms with Gasteiger partial charge in [-0.2, -0.15) is 5.10 Å². The first-order valence-electron chi connectivity index (χ1n) is 5.41. The molecule has 0 saturated heterocycles. The quantitative estimate of drug-likeness (QED) is 0.392. The zero-order valence-corrected chi connectivity index (χ0v) is 10.6. The van der Waals surface area contributed by atoms with E-state index in [-0.39, 0.29) is 5.69 Å². The molecule has 0 fully saturated rings. The number of aliphatic carboxylic acids is 1. The van der Waals surface area contributed by atoms with E-state index in [2.05, 4.69) is 10.5 Å². The number of hydrogen-bond donors (Lipinski definition) is 3. The predicted molar refractivity (Wildman–Crippen MR) is 70.1 cm³/mol. The van der Waals surface area contributed by atoms with Crippen LogP contribution in [0.5, 0.6) is 0 Å². The largest absolute Gasteiger partial charge is 0.477 e. The summed E-state index contributed by atoms with van der Waals surface area (Å²) in [7, 11) is 0. The topological polar surface area (TPSA) is 168 Å². The lowest BCUT2D eigenvalue weighted by Gasteiger charge is -2.06. The van der Waals surface area contributed by atoms with Gasteiger partial charge in [0.05, 0.1) is 15.9 Å². The number of hydrogen-bond acceptors (Lipinski definition) is 8. The van der Waals surface area contributed by atoms with Gasteiger partial charge in [0.1, 0.15) is 11.8 Å². The number of hydrazone groups is 1. The van der Waals surface area contributed by atoms with Crippen LogP contribution in [0.3, 0.4) is 0 Å². The highest BCUT2D eigenvalue weighted by Gasteiger charge is 2.21. The van der Waals surface area contributed by atoms with Gasteiger partial charge in [-0.15, -0.1) is 0 Å². The number of nitro groups is 2. The van der Waals surface area contributed by atoms with Crippen LogP contribution in [0.25, 0.3) is 0 Å². The SMILES string of the molecule is C[C@H](O)/C(=N/Nc1ccc([N+](=O)[O-])cc1[N+](=O)[O-])C(=O)O. The molecule has 3 N–H and O–H groups in total. The third-order valence-corrected chi connectivity index (χ3v) is 2.30. The van der Waals surface area contributed by atoms with Crippen molar-refractivity contribution in [3.8, 4) is 0 Å². The molecular weight excluding hydrogens is 288 g/mol. The summed E-state index contributed by atoms with van der Waals surface area (Å²) in [6, 6.07) is 2.72. The smallest absolute Gasteiger partial charge is 0.354 e. The van der Waals surface area contributed by atoms with Crippen molar-refractivity contribution < 1.29 is 24.9 Å². The number of benzene rings is 1. The molecule has 0 saturated carbocycles. The molecule has 11 heteroatoms. The average Bonchev–Trinajstić information content (AvgIpc) is 2.37. The fourth-order valence-electron chi connectivity index (χ4n) is 1.32. The molecule has 0 bridgehead atoms. The van der Waals surface area contributed by atoms with Crippen molar-refractivity contribution in [1.29, 1.82) is 0 Å². The van der Waals surface area contributed by atoms with Crippen LogP contribution in [-0.4, -0.2) is 37.8 Å². The van der Waals surface area contributed by atoms with Gasteiger partial charge in [0.15, 0.2) is 5.71 Å². The Morgan fingerprint density at radius 2 is 1.95 bits per heavy atom. The zero-order chi connectivity index (χ0) is 16.2. The van der Waals surface area contributed by atoms with Gasteiger partial charge in [0, 0.05) is 6.07 Å². The van der Waals surface area contributed by atoms with Crippen LogP contribution in [-0.2, 0) is 4.79 Å². The van der Waals surface area contributed by atoms with Crippen LogP contribution in [0, 0.1) is 20.2 Å². The number of nitrogens with one attached hydrogen (secondary N) is 1. The lowest BCUT2D eigenvalue weighted by Crippen LogP contribution is -2.26. The normalized spacial score (nSPS) is 12.6. The summed E-state index contributed by atoms with van der Waals surface area (Å²) in [5.41, 5.74) is 0.0519. The number of aliphatic hydroxyl groups excluding tert-OH is 1. The Morgan fingerprint density at radius 1 is 1.33 bits per heavy atom. The summed E-state index contributed by atoms with van der Waals surface area (Å²) in [6.07, 6.45) is -1.41. The molecule has 0 unspecified atom stereocenters. The summed E-state index contributed by atoms with van der Waals surface area (Å²) in [4.78, 5) is 30.5. The standard InChI is InChI=1S/C10H10N4O7/c1-5(15)9(10(16)17)12-11-7-3-2-6(13(18)19)4-8(7)14(20)21/h2-5,11,15H,1H3,(H,16,17)/b12-9-/t5-/m0/s1. The third-order valence-electron chi connectivity index (χ3n) is 2.30. The van der Waals surface area contributed by atoms with Crippen molar-refractivity contribution in [2.45, 2.75) is 13.0 Å². The predicted octanol–water partition coefficient (Wildman–Crippen LogP) is 0.736. The lowest BCUT2D eigenvalue weighted by atomic mass is 10.2. The Morgan fingerprint density at radius 3 is 2.38 bits per heavy atom. The molecule has 1 rings (SSSR count). The van der Waals surface area contributed by atoms with Crippen molar-refractivity contribution in [2.75, 3.05) is 5.43 Å². The van der Waals surface area contributed by atoms with E-state index in [1.807, 2.05) is 0 Å². The molecule has 21 heavy (non-hydrogen) atoms. The highest BCUT2D eigenvalue weighted by Crippen LogP contribution is 2.28. The molecule has 0 spiro atoms. The van der Waals surface area contributed by atoms with Gasteiger partial charge < -0.3 is 10.2 Å². The van der Waals surface area contributed by atoms with Crippen LogP contribution >= 0.6 is 0 Å². The number of carboxylic acids is 1. The van der Waals surface area contributed by atoms with E-state index in [1.54, 1.807) is 0 Å². The molecule has 0 amide bonds. The third kappa shape index (κ3) is 3.94. The maximum Gasteiger partial charge on any atom is 0.354 e. The second-order valence-corrected chi connectivity index (χ2v) is 3.81. The van der Waals surface area contributed by atoms with E-state index in [9.17, 15) is 30.1 Å². The van der Waals surface area contributed by atoms with Crippen LogP contribution in [0.1, 0.15) is 6.92 Å². The first-order chi connectivity index (χ1) is 9.73. The van der Waals surface area contributed by atoms with Crippen LogP contribution in [0.15, 0.2) is 23.3 Å². The highest BCUT2D eigenvalue weighted by molar-refractivity contribution is 6.37. The Hall–Kier alpha value is -3.08. The molecule has 0 aliphatic heterocycles. The first kappa shape index (κ1) is 16.0. The van der Waals surface area contributed by atoms with Crippen molar-refractivity contribution in [2.24, 2.45) is 5.10 Å². The summed E-state index contributed by atoms with van der Waals surface area (Å²) >= 11 is 0. The Labute approximate surface area is 116 Å². The minimum absolute atomic E-state index is 0.245. The molecule has 0 radical (unpaired) electrons. The minimum Gasteiger partial charge on any atom is -0.477 e. The van der Waals surface area contributed by atoms with Crippen molar-refractivity contribution in [3.05, 3.63) is 38.4 Å². The van der Waals surface area contributed by atoms with Gasteiger partial charge in [0.2, 0.25) is 0 Å². The molecule has 0 aromatic heterocycles. The summed E-state index contributed by atoms with van der Waals surface area (Å²) in [5, 5.41) is 42.7. The molecule has 1 aromatic rings. The maximum absolute atomic E-state index is 10.8. The Bertz CT molecular complexity index is 626. The van der Waals surface area contributed by atoms with Gasteiger partial charge >= 0.3 is 11.7 Å². The fraction of sp³-hybridized carbons (Fsp3) is 0.200. The number of carboxylic acid groups (broad SMARTS) is 1. The van der Waals surface area contributed by atoms with E-state index >= 15 is 0 Å². The van der Waals surface area contributed by atoms with Gasteiger partial charge in [-0.3, -0.25) is 25.7 Å². The molecule has 0 aliphatic carbocycles. The molecule has 11 nitrogen and oxygen atoms in total. The Kier molecular flexibility index (Phi) is 4.86. The second-order valence-electron chi connectivity index (χ2n) is 3.81. The number of aliphatic hydroxyl groups is 1. The van der Waals surface area contributed by atoms with Crippen molar-refractivity contribution >= 4 is 28.7 Å². The van der Waals surface area contributed by atoms with Crippen LogP contribution < -0.4 is 5.43 Å². The van der Waals surface area contributed by atoms with Crippen LogP contribution in [0.4, 0.5) is 17.1 Å². The van der Waals surface area contributed by atoms with E-state index in [0.29, 0.717) is 6.07 Å². The first-order valence-corrected chi connectivity index (χ1v) is 5.41. The molecule has 0 aliphatic rings. The van der Waals surface area contributed by atoms with E-state index in [0.717, 1.165) is 19.1 Å². The maximum atomic E-state index is 10.8. The number of rotatable bonds is 6. The van der Waals surface area contributed by atoms with Gasteiger partial charge in [-0.25, -0.2) is 4.79 Å². The Balaban J connectivity index is 3.19. The van der Waals surface area contributed by atoms with Gasteiger partial charge in [-0.1, -0.05) is 0 Å². The number of anilines is 1. The summed E-state index contributed by atoms with van der Waals surface area (Å²) in [5.74, 6) is -1.51. The number of carbonyl (C=O) groups is 1. The molecule has 1 aromatic carbocycles. The molecule has 0 heterocycles. The summed E-state index contributed by atoms with van der Waals surface area (Å²) in [6.45, 7) is 1.15. The second kappa shape index (κ2) is 6.38.